The van der Waals surface area contributed by atoms with Crippen molar-refractivity contribution in [3.05, 3.63) is 81.1 Å². The Hall–Kier alpha value is -2.30. The van der Waals surface area contributed by atoms with E-state index in [1.807, 2.05) is 36.7 Å². The minimum Gasteiger partial charge on any atom is -0.321 e. The van der Waals surface area contributed by atoms with Crippen LogP contribution in [-0.4, -0.2) is 15.7 Å². The minimum atomic E-state index is -0.220. The summed E-state index contributed by atoms with van der Waals surface area (Å²) >= 11 is 11.9. The number of aromatic nitrogens is 2. The molecule has 4 nitrogen and oxygen atoms in total. The fraction of sp³-hybridized carbons (Fsp3) is 0.158. The van der Waals surface area contributed by atoms with E-state index in [0.717, 1.165) is 17.0 Å². The SMILES string of the molecule is Cc1cc(C)n(Cc2ccc(C(=O)Nc3ccc(Cl)cc3Cl)cc2)n1. The first kappa shape index (κ1) is 17.5. The lowest BCUT2D eigenvalue weighted by Gasteiger charge is -2.09. The number of nitrogens with one attached hydrogen (secondary N) is 1. The first-order valence-electron chi connectivity index (χ1n) is 7.79. The fourth-order valence-electron chi connectivity index (χ4n) is 2.55. The third-order valence-electron chi connectivity index (χ3n) is 3.83. The van der Waals surface area contributed by atoms with Gasteiger partial charge in [-0.05, 0) is 55.8 Å². The molecule has 0 radical (unpaired) electrons. The van der Waals surface area contributed by atoms with Crippen LogP contribution in [0.5, 0.6) is 0 Å². The summed E-state index contributed by atoms with van der Waals surface area (Å²) in [6.07, 6.45) is 0. The number of carbonyl (C=O) groups excluding carboxylic acids is 1. The Balaban J connectivity index is 1.71. The highest BCUT2D eigenvalue weighted by atomic mass is 35.5. The van der Waals surface area contributed by atoms with Gasteiger partial charge in [-0.3, -0.25) is 9.48 Å². The molecule has 0 atom stereocenters. The van der Waals surface area contributed by atoms with Crippen LogP contribution in [0.2, 0.25) is 10.0 Å². The standard InChI is InChI=1S/C19H17Cl2N3O/c1-12-9-13(2)24(23-12)11-14-3-5-15(6-4-14)19(25)22-18-8-7-16(20)10-17(18)21/h3-10H,11H2,1-2H3,(H,22,25). The number of rotatable bonds is 4. The van der Waals surface area contributed by atoms with E-state index < -0.39 is 0 Å². The van der Waals surface area contributed by atoms with Crippen molar-refractivity contribution < 1.29 is 4.79 Å². The topological polar surface area (TPSA) is 46.9 Å². The van der Waals surface area contributed by atoms with Crippen molar-refractivity contribution in [2.45, 2.75) is 20.4 Å². The van der Waals surface area contributed by atoms with Crippen molar-refractivity contribution in [3.63, 3.8) is 0 Å². The maximum atomic E-state index is 12.4. The molecule has 6 heteroatoms. The monoisotopic (exact) mass is 373 g/mol. The van der Waals surface area contributed by atoms with E-state index in [9.17, 15) is 4.79 Å². The van der Waals surface area contributed by atoms with Crippen LogP contribution in [0.3, 0.4) is 0 Å². The molecular formula is C19H17Cl2N3O. The highest BCUT2D eigenvalue weighted by molar-refractivity contribution is 6.36. The number of amides is 1. The van der Waals surface area contributed by atoms with Gasteiger partial charge in [0, 0.05) is 16.3 Å². The minimum absolute atomic E-state index is 0.220. The van der Waals surface area contributed by atoms with E-state index in [2.05, 4.69) is 10.4 Å². The normalized spacial score (nSPS) is 10.7. The highest BCUT2D eigenvalue weighted by Crippen LogP contribution is 2.25. The summed E-state index contributed by atoms with van der Waals surface area (Å²) in [7, 11) is 0. The summed E-state index contributed by atoms with van der Waals surface area (Å²) in [4.78, 5) is 12.4. The Morgan fingerprint density at radius 2 is 1.80 bits per heavy atom. The molecule has 3 rings (SSSR count). The molecule has 0 saturated heterocycles. The highest BCUT2D eigenvalue weighted by Gasteiger charge is 2.09. The van der Waals surface area contributed by atoms with Gasteiger partial charge >= 0.3 is 0 Å². The van der Waals surface area contributed by atoms with Gasteiger partial charge in [-0.25, -0.2) is 0 Å². The van der Waals surface area contributed by atoms with Gasteiger partial charge in [0.15, 0.2) is 0 Å². The summed E-state index contributed by atoms with van der Waals surface area (Å²) < 4.78 is 1.94. The smallest absolute Gasteiger partial charge is 0.255 e. The summed E-state index contributed by atoms with van der Waals surface area (Å²) in [5.74, 6) is -0.220. The van der Waals surface area contributed by atoms with Crippen molar-refractivity contribution in [1.82, 2.24) is 9.78 Å². The third kappa shape index (κ3) is 4.21. The Kier molecular flexibility index (Phi) is 5.11. The molecule has 0 spiro atoms. The summed E-state index contributed by atoms with van der Waals surface area (Å²) in [6.45, 7) is 4.67. The quantitative estimate of drug-likeness (QED) is 0.690. The van der Waals surface area contributed by atoms with Gasteiger partial charge in [0.2, 0.25) is 0 Å². The summed E-state index contributed by atoms with van der Waals surface area (Å²) in [5, 5.41) is 8.17. The van der Waals surface area contributed by atoms with Gasteiger partial charge in [-0.1, -0.05) is 35.3 Å². The zero-order valence-electron chi connectivity index (χ0n) is 13.9. The molecular weight excluding hydrogens is 357 g/mol. The molecule has 0 fully saturated rings. The van der Waals surface area contributed by atoms with Crippen LogP contribution in [0.1, 0.15) is 27.3 Å². The molecule has 1 amide bonds. The lowest BCUT2D eigenvalue weighted by Crippen LogP contribution is -2.12. The third-order valence-corrected chi connectivity index (χ3v) is 4.38. The predicted octanol–water partition coefficient (Wildman–Crippen LogP) is 5.11. The van der Waals surface area contributed by atoms with Gasteiger partial charge < -0.3 is 5.32 Å². The van der Waals surface area contributed by atoms with Crippen LogP contribution < -0.4 is 5.32 Å². The zero-order valence-corrected chi connectivity index (χ0v) is 15.4. The molecule has 1 N–H and O–H groups in total. The van der Waals surface area contributed by atoms with Gasteiger partial charge in [0.25, 0.3) is 5.91 Å². The number of halogens is 2. The average Bonchev–Trinajstić information content (AvgIpc) is 2.88. The van der Waals surface area contributed by atoms with E-state index in [-0.39, 0.29) is 5.91 Å². The average molecular weight is 374 g/mol. The van der Waals surface area contributed by atoms with Crippen LogP contribution in [0.4, 0.5) is 5.69 Å². The zero-order chi connectivity index (χ0) is 18.0. The maximum absolute atomic E-state index is 12.4. The number of benzene rings is 2. The Morgan fingerprint density at radius 3 is 2.40 bits per heavy atom. The fourth-order valence-corrected chi connectivity index (χ4v) is 3.01. The van der Waals surface area contributed by atoms with Crippen molar-refractivity contribution in [2.75, 3.05) is 5.32 Å². The van der Waals surface area contributed by atoms with E-state index >= 15 is 0 Å². The van der Waals surface area contributed by atoms with E-state index in [1.54, 1.807) is 30.3 Å². The number of hydrogen-bond donors (Lipinski definition) is 1. The first-order valence-corrected chi connectivity index (χ1v) is 8.54. The molecule has 0 unspecified atom stereocenters. The van der Waals surface area contributed by atoms with Crippen molar-refractivity contribution in [1.29, 1.82) is 0 Å². The van der Waals surface area contributed by atoms with E-state index in [1.165, 1.54) is 0 Å². The summed E-state index contributed by atoms with van der Waals surface area (Å²) in [6, 6.07) is 14.4. The van der Waals surface area contributed by atoms with Crippen LogP contribution in [0, 0.1) is 13.8 Å². The molecule has 3 aromatic rings. The number of nitrogens with zero attached hydrogens (tertiary/aromatic N) is 2. The van der Waals surface area contributed by atoms with Crippen LogP contribution >= 0.6 is 23.2 Å². The number of aryl methyl sites for hydroxylation is 2. The Morgan fingerprint density at radius 1 is 1.08 bits per heavy atom. The van der Waals surface area contributed by atoms with E-state index in [4.69, 9.17) is 23.2 Å². The van der Waals surface area contributed by atoms with Crippen molar-refractivity contribution in [2.24, 2.45) is 0 Å². The van der Waals surface area contributed by atoms with Crippen LogP contribution in [-0.2, 0) is 6.54 Å². The van der Waals surface area contributed by atoms with Crippen LogP contribution in [0.25, 0.3) is 0 Å². The van der Waals surface area contributed by atoms with Crippen molar-refractivity contribution >= 4 is 34.8 Å². The van der Waals surface area contributed by atoms with Gasteiger partial charge in [-0.2, -0.15) is 5.10 Å². The first-order chi connectivity index (χ1) is 11.9. The molecule has 2 aromatic carbocycles. The molecule has 0 aliphatic carbocycles. The second-order valence-electron chi connectivity index (χ2n) is 5.86. The van der Waals surface area contributed by atoms with Gasteiger partial charge in [0.1, 0.15) is 0 Å². The lowest BCUT2D eigenvalue weighted by atomic mass is 10.1. The van der Waals surface area contributed by atoms with Gasteiger partial charge in [-0.15, -0.1) is 0 Å². The number of carbonyl (C=O) groups is 1. The molecule has 0 aliphatic rings. The molecule has 1 heterocycles. The lowest BCUT2D eigenvalue weighted by molar-refractivity contribution is 0.102. The van der Waals surface area contributed by atoms with Crippen molar-refractivity contribution in [3.8, 4) is 0 Å². The number of hydrogen-bond acceptors (Lipinski definition) is 2. The largest absolute Gasteiger partial charge is 0.321 e. The second-order valence-corrected chi connectivity index (χ2v) is 6.70. The Labute approximate surface area is 156 Å². The molecule has 0 aliphatic heterocycles. The molecule has 0 bridgehead atoms. The summed E-state index contributed by atoms with van der Waals surface area (Å²) in [5.41, 5.74) is 4.27. The molecule has 1 aromatic heterocycles. The maximum Gasteiger partial charge on any atom is 0.255 e. The number of anilines is 1. The Bertz CT molecular complexity index is 917. The molecule has 25 heavy (non-hydrogen) atoms. The van der Waals surface area contributed by atoms with Gasteiger partial charge in [0.05, 0.1) is 22.9 Å². The predicted molar refractivity (Wildman–Crippen MR) is 102 cm³/mol. The molecule has 0 saturated carbocycles. The van der Waals surface area contributed by atoms with Crippen LogP contribution in [0.15, 0.2) is 48.5 Å². The second kappa shape index (κ2) is 7.30. The molecule has 128 valence electrons. The van der Waals surface area contributed by atoms with E-state index in [0.29, 0.717) is 27.8 Å².